The number of hydrogen-bond acceptors (Lipinski definition) is 6. The van der Waals surface area contributed by atoms with E-state index in [-0.39, 0.29) is 16.9 Å². The minimum Gasteiger partial charge on any atom is -0.398 e. The number of thiol groups is 1. The van der Waals surface area contributed by atoms with Gasteiger partial charge in [0.1, 0.15) is 0 Å². The van der Waals surface area contributed by atoms with Gasteiger partial charge in [0.15, 0.2) is 0 Å². The maximum absolute atomic E-state index is 11.1. The molecule has 8 heteroatoms. The Bertz CT molecular complexity index is 718. The van der Waals surface area contributed by atoms with Crippen LogP contribution in [0.3, 0.4) is 0 Å². The predicted molar refractivity (Wildman–Crippen MR) is 76.9 cm³/mol. The molecule has 0 amide bonds. The molecule has 0 aliphatic rings. The summed E-state index contributed by atoms with van der Waals surface area (Å²) in [4.78, 5) is 20.9. The number of nitrogens with zero attached hydrogens (tertiary/aromatic N) is 2. The maximum Gasteiger partial charge on any atom is 0.284 e. The first-order chi connectivity index (χ1) is 9.40. The molecule has 2 rings (SSSR count). The fraction of sp³-hybridized carbons (Fsp3) is 0. The molecule has 0 atom stereocenters. The number of nitro benzene ring substituents is 2. The molecule has 0 fully saturated rings. The largest absolute Gasteiger partial charge is 0.398 e. The van der Waals surface area contributed by atoms with Gasteiger partial charge in [-0.05, 0) is 23.8 Å². The third-order valence-corrected chi connectivity index (χ3v) is 3.13. The van der Waals surface area contributed by atoms with Crippen molar-refractivity contribution in [2.24, 2.45) is 0 Å². The van der Waals surface area contributed by atoms with Crippen molar-refractivity contribution in [2.75, 3.05) is 5.73 Å². The normalized spacial score (nSPS) is 10.2. The third-order valence-electron chi connectivity index (χ3n) is 2.73. The quantitative estimate of drug-likeness (QED) is 0.390. The van der Waals surface area contributed by atoms with E-state index >= 15 is 0 Å². The Hall–Kier alpha value is -2.61. The van der Waals surface area contributed by atoms with Crippen LogP contribution in [0.25, 0.3) is 11.1 Å². The SMILES string of the molecule is Nc1cc(-c2ccc([N+](=O)[O-])cc2[N+](=O)[O-])ccc1S. The Balaban J connectivity index is 2.63. The van der Waals surface area contributed by atoms with Crippen LogP contribution in [-0.2, 0) is 0 Å². The molecular formula is C12H9N3O4S. The van der Waals surface area contributed by atoms with Gasteiger partial charge in [-0.15, -0.1) is 12.6 Å². The molecule has 0 saturated heterocycles. The summed E-state index contributed by atoms with van der Waals surface area (Å²) in [6, 6.07) is 8.25. The molecule has 2 N–H and O–H groups in total. The standard InChI is InChI=1S/C12H9N3O4S/c13-10-5-7(1-4-12(10)20)9-3-2-8(14(16)17)6-11(9)15(18)19/h1-6,20H,13H2. The summed E-state index contributed by atoms with van der Waals surface area (Å²) in [6.45, 7) is 0. The van der Waals surface area contributed by atoms with Gasteiger partial charge in [-0.25, -0.2) is 0 Å². The maximum atomic E-state index is 11.1. The first-order valence-electron chi connectivity index (χ1n) is 5.42. The van der Waals surface area contributed by atoms with Crippen LogP contribution in [0.2, 0.25) is 0 Å². The van der Waals surface area contributed by atoms with Crippen molar-refractivity contribution >= 4 is 29.7 Å². The highest BCUT2D eigenvalue weighted by Crippen LogP contribution is 2.34. The van der Waals surface area contributed by atoms with Crippen molar-refractivity contribution in [3.05, 3.63) is 56.6 Å². The summed E-state index contributed by atoms with van der Waals surface area (Å²) in [6.07, 6.45) is 0. The molecule has 0 spiro atoms. The van der Waals surface area contributed by atoms with E-state index in [9.17, 15) is 20.2 Å². The van der Waals surface area contributed by atoms with Crippen molar-refractivity contribution in [1.29, 1.82) is 0 Å². The van der Waals surface area contributed by atoms with Crippen molar-refractivity contribution in [3.8, 4) is 11.1 Å². The first-order valence-corrected chi connectivity index (χ1v) is 5.86. The molecule has 0 unspecified atom stereocenters. The predicted octanol–water partition coefficient (Wildman–Crippen LogP) is 3.04. The van der Waals surface area contributed by atoms with Crippen LogP contribution in [-0.4, -0.2) is 9.85 Å². The summed E-state index contributed by atoms with van der Waals surface area (Å²) in [7, 11) is 0. The van der Waals surface area contributed by atoms with Gasteiger partial charge >= 0.3 is 0 Å². The third kappa shape index (κ3) is 2.54. The zero-order chi connectivity index (χ0) is 14.9. The van der Waals surface area contributed by atoms with Crippen LogP contribution in [0.4, 0.5) is 17.1 Å². The van der Waals surface area contributed by atoms with E-state index < -0.39 is 9.85 Å². The Morgan fingerprint density at radius 1 is 1.00 bits per heavy atom. The molecule has 7 nitrogen and oxygen atoms in total. The summed E-state index contributed by atoms with van der Waals surface area (Å²) in [5.41, 5.74) is 6.17. The molecule has 0 aromatic heterocycles. The minimum atomic E-state index is -0.679. The van der Waals surface area contributed by atoms with Gasteiger partial charge in [0, 0.05) is 16.6 Å². The number of nitrogen functional groups attached to an aromatic ring is 1. The highest BCUT2D eigenvalue weighted by atomic mass is 32.1. The summed E-state index contributed by atoms with van der Waals surface area (Å²) >= 11 is 4.12. The fourth-order valence-electron chi connectivity index (χ4n) is 1.75. The van der Waals surface area contributed by atoms with Crippen LogP contribution in [0.15, 0.2) is 41.3 Å². The van der Waals surface area contributed by atoms with Crippen molar-refractivity contribution in [1.82, 2.24) is 0 Å². The second-order valence-corrected chi connectivity index (χ2v) is 4.47. The second-order valence-electron chi connectivity index (χ2n) is 3.99. The number of rotatable bonds is 3. The van der Waals surface area contributed by atoms with Crippen LogP contribution >= 0.6 is 12.6 Å². The summed E-state index contributed by atoms with van der Waals surface area (Å²) in [5, 5.41) is 21.7. The zero-order valence-electron chi connectivity index (χ0n) is 10.0. The van der Waals surface area contributed by atoms with Gasteiger partial charge in [-0.1, -0.05) is 6.07 Å². The number of nitrogens with two attached hydrogens (primary N) is 1. The number of hydrogen-bond donors (Lipinski definition) is 2. The number of non-ortho nitro benzene ring substituents is 1. The number of benzene rings is 2. The van der Waals surface area contributed by atoms with Crippen molar-refractivity contribution in [2.45, 2.75) is 4.90 Å². The van der Waals surface area contributed by atoms with E-state index in [0.717, 1.165) is 6.07 Å². The molecule has 102 valence electrons. The minimum absolute atomic E-state index is 0.264. The number of anilines is 1. The van der Waals surface area contributed by atoms with Crippen molar-refractivity contribution < 1.29 is 9.85 Å². The second kappa shape index (κ2) is 5.17. The van der Waals surface area contributed by atoms with E-state index in [0.29, 0.717) is 16.1 Å². The molecule has 0 saturated carbocycles. The summed E-state index contributed by atoms with van der Waals surface area (Å²) in [5.74, 6) is 0. The Morgan fingerprint density at radius 2 is 1.70 bits per heavy atom. The highest BCUT2D eigenvalue weighted by Gasteiger charge is 2.20. The molecule has 0 heterocycles. The lowest BCUT2D eigenvalue weighted by Gasteiger charge is -2.06. The molecule has 0 bridgehead atoms. The lowest BCUT2D eigenvalue weighted by atomic mass is 10.0. The van der Waals surface area contributed by atoms with E-state index in [1.54, 1.807) is 12.1 Å². The van der Waals surface area contributed by atoms with Gasteiger partial charge < -0.3 is 5.73 Å². The molecule has 0 aliphatic heterocycles. The van der Waals surface area contributed by atoms with E-state index in [1.165, 1.54) is 18.2 Å². The Labute approximate surface area is 118 Å². The van der Waals surface area contributed by atoms with Crippen LogP contribution in [0.5, 0.6) is 0 Å². The van der Waals surface area contributed by atoms with Crippen LogP contribution in [0.1, 0.15) is 0 Å². The lowest BCUT2D eigenvalue weighted by molar-refractivity contribution is -0.393. The Kier molecular flexibility index (Phi) is 3.57. The van der Waals surface area contributed by atoms with E-state index in [1.807, 2.05) is 0 Å². The van der Waals surface area contributed by atoms with E-state index in [4.69, 9.17) is 5.73 Å². The number of nitro groups is 2. The summed E-state index contributed by atoms with van der Waals surface area (Å²) < 4.78 is 0. The van der Waals surface area contributed by atoms with Crippen molar-refractivity contribution in [3.63, 3.8) is 0 Å². The molecule has 20 heavy (non-hydrogen) atoms. The van der Waals surface area contributed by atoms with Gasteiger partial charge in [-0.3, -0.25) is 20.2 Å². The lowest BCUT2D eigenvalue weighted by Crippen LogP contribution is -1.96. The first kappa shape index (κ1) is 13.8. The average Bonchev–Trinajstić information content (AvgIpc) is 2.41. The molecule has 2 aromatic carbocycles. The van der Waals surface area contributed by atoms with Crippen LogP contribution in [0, 0.1) is 20.2 Å². The van der Waals surface area contributed by atoms with Gasteiger partial charge in [-0.2, -0.15) is 0 Å². The van der Waals surface area contributed by atoms with Gasteiger partial charge in [0.05, 0.1) is 21.5 Å². The fourth-order valence-corrected chi connectivity index (χ4v) is 1.89. The molecule has 2 aromatic rings. The molecule has 0 radical (unpaired) electrons. The highest BCUT2D eigenvalue weighted by molar-refractivity contribution is 7.80. The van der Waals surface area contributed by atoms with Crippen LogP contribution < -0.4 is 5.73 Å². The molecule has 0 aliphatic carbocycles. The van der Waals surface area contributed by atoms with E-state index in [2.05, 4.69) is 12.6 Å². The monoisotopic (exact) mass is 291 g/mol. The smallest absolute Gasteiger partial charge is 0.284 e. The zero-order valence-corrected chi connectivity index (χ0v) is 10.9. The van der Waals surface area contributed by atoms with Gasteiger partial charge in [0.25, 0.3) is 11.4 Å². The van der Waals surface area contributed by atoms with Gasteiger partial charge in [0.2, 0.25) is 0 Å². The topological polar surface area (TPSA) is 112 Å². The Morgan fingerprint density at radius 3 is 2.25 bits per heavy atom. The molecular weight excluding hydrogens is 282 g/mol. The average molecular weight is 291 g/mol.